The number of nitrogens with zero attached hydrogens (tertiary/aromatic N) is 4. The number of nitrogens with one attached hydrogen (secondary N) is 2. The van der Waals surface area contributed by atoms with E-state index in [1.165, 1.54) is 0 Å². The third kappa shape index (κ3) is 4.76. The molecule has 2 aromatic rings. The third-order valence-electron chi connectivity index (χ3n) is 6.52. The lowest BCUT2D eigenvalue weighted by molar-refractivity contribution is -0.117. The first kappa shape index (κ1) is 22.2. The van der Waals surface area contributed by atoms with E-state index in [1.54, 1.807) is 18.3 Å². The van der Waals surface area contributed by atoms with E-state index in [4.69, 9.17) is 0 Å². The van der Waals surface area contributed by atoms with E-state index in [-0.39, 0.29) is 18.0 Å². The van der Waals surface area contributed by atoms with Crippen molar-refractivity contribution in [3.8, 4) is 0 Å². The molecule has 170 valence electrons. The molecular formula is C24H32N6O2. The molecule has 1 aromatic carbocycles. The zero-order valence-electron chi connectivity index (χ0n) is 19.0. The number of hydrogen-bond donors (Lipinski definition) is 2. The van der Waals surface area contributed by atoms with Crippen LogP contribution in [0.3, 0.4) is 0 Å². The van der Waals surface area contributed by atoms with Gasteiger partial charge in [-0.1, -0.05) is 19.1 Å². The normalized spacial score (nSPS) is 20.4. The van der Waals surface area contributed by atoms with E-state index >= 15 is 0 Å². The first-order valence-corrected chi connectivity index (χ1v) is 11.3. The maximum atomic E-state index is 12.5. The summed E-state index contributed by atoms with van der Waals surface area (Å²) in [6, 6.07) is 11.7. The number of anilines is 2. The molecule has 2 aliphatic rings. The second-order valence-electron chi connectivity index (χ2n) is 8.60. The van der Waals surface area contributed by atoms with Crippen LogP contribution in [0.15, 0.2) is 42.6 Å². The van der Waals surface area contributed by atoms with Crippen LogP contribution in [-0.2, 0) is 4.79 Å². The molecule has 0 radical (unpaired) electrons. The molecule has 4 rings (SSSR count). The second kappa shape index (κ2) is 9.67. The first-order valence-electron chi connectivity index (χ1n) is 11.3. The van der Waals surface area contributed by atoms with Crippen LogP contribution in [0.5, 0.6) is 0 Å². The molecule has 0 unspecified atom stereocenters. The van der Waals surface area contributed by atoms with Gasteiger partial charge in [0.1, 0.15) is 12.0 Å². The summed E-state index contributed by atoms with van der Waals surface area (Å²) in [5.74, 6) is 0.519. The molecule has 0 bridgehead atoms. The molecule has 0 spiro atoms. The fourth-order valence-electron chi connectivity index (χ4n) is 4.36. The van der Waals surface area contributed by atoms with Crippen LogP contribution in [0.4, 0.5) is 11.5 Å². The maximum Gasteiger partial charge on any atom is 0.256 e. The van der Waals surface area contributed by atoms with Crippen LogP contribution < -0.4 is 15.5 Å². The molecule has 0 saturated carbocycles. The zero-order chi connectivity index (χ0) is 22.7. The number of carbonyl (C=O) groups excluding carboxylic acids is 2. The largest absolute Gasteiger partial charge is 0.335 e. The van der Waals surface area contributed by atoms with E-state index in [1.807, 2.05) is 36.2 Å². The van der Waals surface area contributed by atoms with Gasteiger partial charge in [-0.3, -0.25) is 19.4 Å². The average Bonchev–Trinajstić information content (AvgIpc) is 2.82. The van der Waals surface area contributed by atoms with Gasteiger partial charge in [-0.25, -0.2) is 4.98 Å². The molecule has 1 aromatic heterocycles. The number of rotatable bonds is 6. The quantitative estimate of drug-likeness (QED) is 0.723. The average molecular weight is 437 g/mol. The summed E-state index contributed by atoms with van der Waals surface area (Å²) in [6.07, 6.45) is 2.53. The summed E-state index contributed by atoms with van der Waals surface area (Å²) in [5, 5.41) is 6.01. The van der Waals surface area contributed by atoms with E-state index in [9.17, 15) is 9.59 Å². The molecule has 1 saturated heterocycles. The van der Waals surface area contributed by atoms with Crippen molar-refractivity contribution in [1.82, 2.24) is 20.1 Å². The monoisotopic (exact) mass is 436 g/mol. The highest BCUT2D eigenvalue weighted by molar-refractivity contribution is 6.01. The van der Waals surface area contributed by atoms with Gasteiger partial charge in [0, 0.05) is 51.2 Å². The van der Waals surface area contributed by atoms with Crippen molar-refractivity contribution in [2.45, 2.75) is 32.5 Å². The van der Waals surface area contributed by atoms with Gasteiger partial charge >= 0.3 is 0 Å². The summed E-state index contributed by atoms with van der Waals surface area (Å²) < 4.78 is 0. The van der Waals surface area contributed by atoms with E-state index in [0.717, 1.165) is 43.9 Å². The number of pyridine rings is 1. The number of piperazine rings is 1. The number of carbonyl (C=O) groups is 2. The lowest BCUT2D eigenvalue weighted by atomic mass is 10.1. The molecule has 8 nitrogen and oxygen atoms in total. The summed E-state index contributed by atoms with van der Waals surface area (Å²) in [7, 11) is 1.91. The highest BCUT2D eigenvalue weighted by atomic mass is 16.2. The maximum absolute atomic E-state index is 12.5. The van der Waals surface area contributed by atoms with Crippen molar-refractivity contribution >= 4 is 23.3 Å². The van der Waals surface area contributed by atoms with Crippen LogP contribution in [0.2, 0.25) is 0 Å². The van der Waals surface area contributed by atoms with Gasteiger partial charge in [0.25, 0.3) is 5.91 Å². The van der Waals surface area contributed by atoms with Crippen LogP contribution >= 0.6 is 0 Å². The minimum atomic E-state index is -0.309. The van der Waals surface area contributed by atoms with Gasteiger partial charge in [-0.15, -0.1) is 0 Å². The Kier molecular flexibility index (Phi) is 6.72. The number of hydrogen-bond acceptors (Lipinski definition) is 6. The lowest BCUT2D eigenvalue weighted by Gasteiger charge is -2.37. The summed E-state index contributed by atoms with van der Waals surface area (Å²) in [4.78, 5) is 36.0. The predicted octanol–water partition coefficient (Wildman–Crippen LogP) is 2.31. The van der Waals surface area contributed by atoms with Crippen LogP contribution in [0.25, 0.3) is 0 Å². The van der Waals surface area contributed by atoms with Crippen molar-refractivity contribution in [1.29, 1.82) is 0 Å². The molecule has 2 aliphatic heterocycles. The van der Waals surface area contributed by atoms with E-state index in [0.29, 0.717) is 24.0 Å². The Hall–Kier alpha value is -2.97. The molecular weight excluding hydrogens is 404 g/mol. The SMILES string of the molecule is CC[C@@H](C)N1CCN(CC(=O)Nc2ccc([C@@H]3NC(=O)c4cccnc4N3C)cc2)CC1. The van der Waals surface area contributed by atoms with Crippen molar-refractivity contribution in [2.24, 2.45) is 0 Å². The Morgan fingerprint density at radius 3 is 2.59 bits per heavy atom. The minimum absolute atomic E-state index is 0.00375. The Balaban J connectivity index is 1.33. The smallest absolute Gasteiger partial charge is 0.256 e. The highest BCUT2D eigenvalue weighted by Crippen LogP contribution is 2.30. The van der Waals surface area contributed by atoms with Crippen molar-refractivity contribution in [3.63, 3.8) is 0 Å². The Bertz CT molecular complexity index is 955. The third-order valence-corrected chi connectivity index (χ3v) is 6.52. The van der Waals surface area contributed by atoms with Gasteiger partial charge in [0.15, 0.2) is 0 Å². The van der Waals surface area contributed by atoms with E-state index < -0.39 is 0 Å². The standard InChI is InChI=1S/C24H32N6O2/c1-4-17(2)30-14-12-29(13-15-30)16-21(31)26-19-9-7-18(8-10-19)22-27-24(32)20-6-5-11-25-23(20)28(22)3/h5-11,17,22H,4,12-16H2,1-3H3,(H,26,31)(H,27,32)/t17-,22-/m1/s1. The van der Waals surface area contributed by atoms with Crippen molar-refractivity contribution in [3.05, 3.63) is 53.7 Å². The van der Waals surface area contributed by atoms with Crippen LogP contribution in [0.1, 0.15) is 42.4 Å². The zero-order valence-corrected chi connectivity index (χ0v) is 19.0. The molecule has 2 atom stereocenters. The van der Waals surface area contributed by atoms with Crippen molar-refractivity contribution in [2.75, 3.05) is 50.0 Å². The highest BCUT2D eigenvalue weighted by Gasteiger charge is 2.30. The van der Waals surface area contributed by atoms with Crippen LogP contribution in [-0.4, -0.2) is 72.4 Å². The molecule has 8 heteroatoms. The summed E-state index contributed by atoms with van der Waals surface area (Å²) in [6.45, 7) is 8.73. The second-order valence-corrected chi connectivity index (χ2v) is 8.60. The number of aromatic nitrogens is 1. The number of amides is 2. The molecule has 0 aliphatic carbocycles. The number of fused-ring (bicyclic) bond motifs is 1. The molecule has 1 fully saturated rings. The van der Waals surface area contributed by atoms with E-state index in [2.05, 4.69) is 39.3 Å². The van der Waals surface area contributed by atoms with Gasteiger partial charge < -0.3 is 15.5 Å². The lowest BCUT2D eigenvalue weighted by Crippen LogP contribution is -2.51. The summed E-state index contributed by atoms with van der Waals surface area (Å²) >= 11 is 0. The fourth-order valence-corrected chi connectivity index (χ4v) is 4.36. The predicted molar refractivity (Wildman–Crippen MR) is 126 cm³/mol. The van der Waals surface area contributed by atoms with Gasteiger partial charge in [-0.05, 0) is 43.2 Å². The van der Waals surface area contributed by atoms with Gasteiger partial charge in [-0.2, -0.15) is 0 Å². The molecule has 32 heavy (non-hydrogen) atoms. The Labute approximate surface area is 189 Å². The van der Waals surface area contributed by atoms with Gasteiger partial charge in [0.05, 0.1) is 12.1 Å². The Morgan fingerprint density at radius 2 is 1.91 bits per heavy atom. The van der Waals surface area contributed by atoms with Crippen LogP contribution in [0, 0.1) is 0 Å². The number of benzene rings is 1. The van der Waals surface area contributed by atoms with Gasteiger partial charge in [0.2, 0.25) is 5.91 Å². The summed E-state index contributed by atoms with van der Waals surface area (Å²) in [5.41, 5.74) is 2.25. The molecule has 3 heterocycles. The first-order chi connectivity index (χ1) is 15.5. The topological polar surface area (TPSA) is 80.8 Å². The minimum Gasteiger partial charge on any atom is -0.335 e. The Morgan fingerprint density at radius 1 is 1.19 bits per heavy atom. The molecule has 2 amide bonds. The van der Waals surface area contributed by atoms with Crippen molar-refractivity contribution < 1.29 is 9.59 Å². The fraction of sp³-hybridized carbons (Fsp3) is 0.458. The molecule has 2 N–H and O–H groups in total.